The molecule has 0 aliphatic carbocycles. The summed E-state index contributed by atoms with van der Waals surface area (Å²) in [5.74, 6) is 0.626. The third-order valence-electron chi connectivity index (χ3n) is 2.27. The van der Waals surface area contributed by atoms with E-state index in [9.17, 15) is 4.79 Å². The van der Waals surface area contributed by atoms with Gasteiger partial charge >= 0.3 is 0 Å². The minimum atomic E-state index is -0.486. The number of hydrogen-bond donors (Lipinski definition) is 2. The molecule has 1 heterocycles. The van der Waals surface area contributed by atoms with Crippen LogP contribution in [0.25, 0.3) is 0 Å². The van der Waals surface area contributed by atoms with Gasteiger partial charge in [0, 0.05) is 13.1 Å². The number of nitrogens with zero attached hydrogens (tertiary/aromatic N) is 2. The summed E-state index contributed by atoms with van der Waals surface area (Å²) >= 11 is 0. The largest absolute Gasteiger partial charge is 0.320 e. The molecule has 1 aromatic rings. The minimum absolute atomic E-state index is 0.124. The quantitative estimate of drug-likeness (QED) is 0.769. The Morgan fingerprint density at radius 3 is 2.60 bits per heavy atom. The van der Waals surface area contributed by atoms with Gasteiger partial charge in [-0.15, -0.1) is 0 Å². The molecule has 84 valence electrons. The normalized spacial score (nSPS) is 12.9. The SMILES string of the molecule is Cc1cc(NC(=O)C(N)C(C)C)n(C)n1. The number of aryl methyl sites for hydroxylation is 2. The first-order valence-corrected chi connectivity index (χ1v) is 4.99. The van der Waals surface area contributed by atoms with Crippen LogP contribution < -0.4 is 11.1 Å². The van der Waals surface area contributed by atoms with E-state index in [-0.39, 0.29) is 11.8 Å². The van der Waals surface area contributed by atoms with Gasteiger partial charge in [0.1, 0.15) is 5.82 Å². The van der Waals surface area contributed by atoms with Crippen LogP contribution in [-0.4, -0.2) is 21.7 Å². The number of carbonyl (C=O) groups is 1. The Balaban J connectivity index is 2.70. The first-order valence-electron chi connectivity index (χ1n) is 4.99. The predicted octanol–water partition coefficient (Wildman–Crippen LogP) is 0.650. The topological polar surface area (TPSA) is 72.9 Å². The highest BCUT2D eigenvalue weighted by Crippen LogP contribution is 2.09. The van der Waals surface area contributed by atoms with Gasteiger partial charge in [0.15, 0.2) is 0 Å². The van der Waals surface area contributed by atoms with Gasteiger partial charge < -0.3 is 11.1 Å². The summed E-state index contributed by atoms with van der Waals surface area (Å²) in [5, 5.41) is 6.88. The van der Waals surface area contributed by atoms with Crippen LogP contribution in [-0.2, 0) is 11.8 Å². The van der Waals surface area contributed by atoms with Crippen LogP contribution in [0.2, 0.25) is 0 Å². The number of anilines is 1. The van der Waals surface area contributed by atoms with Crippen molar-refractivity contribution in [1.29, 1.82) is 0 Å². The molecule has 1 rings (SSSR count). The molecule has 0 radical (unpaired) electrons. The summed E-state index contributed by atoms with van der Waals surface area (Å²) in [6.07, 6.45) is 0. The Kier molecular flexibility index (Phi) is 3.47. The van der Waals surface area contributed by atoms with Crippen LogP contribution in [0.3, 0.4) is 0 Å². The van der Waals surface area contributed by atoms with Gasteiger partial charge in [-0.05, 0) is 12.8 Å². The van der Waals surface area contributed by atoms with Crippen molar-refractivity contribution in [2.45, 2.75) is 26.8 Å². The molecular weight excluding hydrogens is 192 g/mol. The fourth-order valence-electron chi connectivity index (χ4n) is 1.24. The van der Waals surface area contributed by atoms with E-state index in [0.717, 1.165) is 5.69 Å². The van der Waals surface area contributed by atoms with Crippen molar-refractivity contribution in [1.82, 2.24) is 9.78 Å². The van der Waals surface area contributed by atoms with Crippen molar-refractivity contribution in [2.75, 3.05) is 5.32 Å². The summed E-state index contributed by atoms with van der Waals surface area (Å²) in [6, 6.07) is 1.32. The van der Waals surface area contributed by atoms with Crippen LogP contribution in [0.1, 0.15) is 19.5 Å². The number of nitrogens with two attached hydrogens (primary N) is 1. The molecular formula is C10H18N4O. The highest BCUT2D eigenvalue weighted by molar-refractivity contribution is 5.94. The van der Waals surface area contributed by atoms with Crippen molar-refractivity contribution < 1.29 is 4.79 Å². The van der Waals surface area contributed by atoms with Gasteiger partial charge in [-0.2, -0.15) is 5.10 Å². The molecule has 0 aromatic carbocycles. The van der Waals surface area contributed by atoms with Crippen LogP contribution in [0.15, 0.2) is 6.07 Å². The highest BCUT2D eigenvalue weighted by Gasteiger charge is 2.18. The molecule has 0 aliphatic heterocycles. The summed E-state index contributed by atoms with van der Waals surface area (Å²) in [6.45, 7) is 5.70. The average molecular weight is 210 g/mol. The van der Waals surface area contributed by atoms with Crippen LogP contribution >= 0.6 is 0 Å². The molecule has 0 saturated heterocycles. The van der Waals surface area contributed by atoms with E-state index in [2.05, 4.69) is 10.4 Å². The zero-order valence-corrected chi connectivity index (χ0v) is 9.61. The van der Waals surface area contributed by atoms with Crippen LogP contribution in [0.4, 0.5) is 5.82 Å². The van der Waals surface area contributed by atoms with E-state index in [1.807, 2.05) is 26.8 Å². The molecule has 3 N–H and O–H groups in total. The molecule has 5 heteroatoms. The van der Waals surface area contributed by atoms with Gasteiger partial charge in [0.25, 0.3) is 0 Å². The van der Waals surface area contributed by atoms with E-state index >= 15 is 0 Å². The maximum absolute atomic E-state index is 11.6. The average Bonchev–Trinajstić information content (AvgIpc) is 2.43. The molecule has 0 bridgehead atoms. The number of aromatic nitrogens is 2. The molecule has 15 heavy (non-hydrogen) atoms. The van der Waals surface area contributed by atoms with Crippen molar-refractivity contribution in [3.63, 3.8) is 0 Å². The molecule has 0 aliphatic rings. The molecule has 0 saturated carbocycles. The van der Waals surface area contributed by atoms with Crippen molar-refractivity contribution in [3.05, 3.63) is 11.8 Å². The maximum Gasteiger partial charge on any atom is 0.242 e. The lowest BCUT2D eigenvalue weighted by Gasteiger charge is -2.14. The molecule has 1 unspecified atom stereocenters. The zero-order chi connectivity index (χ0) is 11.6. The standard InChI is InChI=1S/C10H18N4O/c1-6(2)9(11)10(15)12-8-5-7(3)13-14(8)4/h5-6,9H,11H2,1-4H3,(H,12,15). The van der Waals surface area contributed by atoms with E-state index in [1.165, 1.54) is 0 Å². The Morgan fingerprint density at radius 1 is 1.60 bits per heavy atom. The number of hydrogen-bond acceptors (Lipinski definition) is 3. The molecule has 0 fully saturated rings. The van der Waals surface area contributed by atoms with Gasteiger partial charge in [0.2, 0.25) is 5.91 Å². The van der Waals surface area contributed by atoms with Crippen molar-refractivity contribution >= 4 is 11.7 Å². The fraction of sp³-hybridized carbons (Fsp3) is 0.600. The smallest absolute Gasteiger partial charge is 0.242 e. The van der Waals surface area contributed by atoms with Gasteiger partial charge in [-0.3, -0.25) is 9.48 Å². The van der Waals surface area contributed by atoms with E-state index in [0.29, 0.717) is 5.82 Å². The van der Waals surface area contributed by atoms with Crippen molar-refractivity contribution in [2.24, 2.45) is 18.7 Å². The predicted molar refractivity (Wildman–Crippen MR) is 59.4 cm³/mol. The lowest BCUT2D eigenvalue weighted by atomic mass is 10.1. The number of carbonyl (C=O) groups excluding carboxylic acids is 1. The van der Waals surface area contributed by atoms with Gasteiger partial charge in [-0.1, -0.05) is 13.8 Å². The van der Waals surface area contributed by atoms with Crippen LogP contribution in [0, 0.1) is 12.8 Å². The summed E-state index contributed by atoms with van der Waals surface area (Å²) in [4.78, 5) is 11.6. The first-order chi connectivity index (χ1) is 6.91. The lowest BCUT2D eigenvalue weighted by Crippen LogP contribution is -2.40. The van der Waals surface area contributed by atoms with Crippen LogP contribution in [0.5, 0.6) is 0 Å². The van der Waals surface area contributed by atoms with Crippen molar-refractivity contribution in [3.8, 4) is 0 Å². The second-order valence-electron chi connectivity index (χ2n) is 4.05. The van der Waals surface area contributed by atoms with E-state index in [1.54, 1.807) is 11.7 Å². The molecule has 1 amide bonds. The first kappa shape index (κ1) is 11.7. The van der Waals surface area contributed by atoms with Gasteiger partial charge in [-0.25, -0.2) is 0 Å². The Morgan fingerprint density at radius 2 is 2.20 bits per heavy atom. The molecule has 5 nitrogen and oxygen atoms in total. The van der Waals surface area contributed by atoms with E-state index < -0.39 is 6.04 Å². The Labute approximate surface area is 89.6 Å². The second kappa shape index (κ2) is 4.44. The fourth-order valence-corrected chi connectivity index (χ4v) is 1.24. The molecule has 1 atom stereocenters. The summed E-state index contributed by atoms with van der Waals surface area (Å²) < 4.78 is 1.63. The lowest BCUT2D eigenvalue weighted by molar-refractivity contribution is -0.118. The minimum Gasteiger partial charge on any atom is -0.320 e. The second-order valence-corrected chi connectivity index (χ2v) is 4.05. The Hall–Kier alpha value is -1.36. The summed E-state index contributed by atoms with van der Waals surface area (Å²) in [7, 11) is 1.78. The molecule has 1 aromatic heterocycles. The number of rotatable bonds is 3. The zero-order valence-electron chi connectivity index (χ0n) is 9.61. The van der Waals surface area contributed by atoms with Gasteiger partial charge in [0.05, 0.1) is 11.7 Å². The van der Waals surface area contributed by atoms with E-state index in [4.69, 9.17) is 5.73 Å². The third kappa shape index (κ3) is 2.79. The monoisotopic (exact) mass is 210 g/mol. The number of amides is 1. The maximum atomic E-state index is 11.6. The third-order valence-corrected chi connectivity index (χ3v) is 2.27. The summed E-state index contributed by atoms with van der Waals surface area (Å²) in [5.41, 5.74) is 6.59. The molecule has 0 spiro atoms. The number of nitrogens with one attached hydrogen (secondary N) is 1. The highest BCUT2D eigenvalue weighted by atomic mass is 16.2. The Bertz CT molecular complexity index is 356.